The van der Waals surface area contributed by atoms with Crippen LogP contribution in [0.25, 0.3) is 22.1 Å². The van der Waals surface area contributed by atoms with Crippen LogP contribution in [-0.2, 0) is 6.42 Å². The first kappa shape index (κ1) is 29.5. The molecule has 6 heteroatoms. The molecule has 6 rings (SSSR count). The summed E-state index contributed by atoms with van der Waals surface area (Å²) in [4.78, 5) is 18.5. The minimum atomic E-state index is -0.325. The van der Waals surface area contributed by atoms with E-state index in [4.69, 9.17) is 13.9 Å². The van der Waals surface area contributed by atoms with Gasteiger partial charge in [-0.15, -0.1) is 0 Å². The van der Waals surface area contributed by atoms with E-state index in [-0.39, 0.29) is 5.63 Å². The Hall–Kier alpha value is -3.61. The molecule has 0 atom stereocenters. The largest absolute Gasteiger partial charge is 0.492 e. The molecule has 0 unspecified atom stereocenters. The summed E-state index contributed by atoms with van der Waals surface area (Å²) in [6.07, 6.45) is 8.39. The minimum absolute atomic E-state index is 0.325. The van der Waals surface area contributed by atoms with Crippen LogP contribution < -0.4 is 15.1 Å². The molecule has 1 aromatic heterocycles. The molecule has 0 radical (unpaired) electrons. The maximum atomic E-state index is 13.5. The van der Waals surface area contributed by atoms with Gasteiger partial charge in [-0.05, 0) is 106 Å². The molecule has 2 aliphatic heterocycles. The van der Waals surface area contributed by atoms with Crippen molar-refractivity contribution in [3.63, 3.8) is 0 Å². The Morgan fingerprint density at radius 2 is 1.28 bits per heavy atom. The number of likely N-dealkylation sites (tertiary alicyclic amines) is 2. The number of rotatable bonds is 11. The zero-order chi connectivity index (χ0) is 29.4. The molecule has 43 heavy (non-hydrogen) atoms. The van der Waals surface area contributed by atoms with Crippen molar-refractivity contribution in [2.24, 2.45) is 0 Å². The van der Waals surface area contributed by atoms with E-state index in [2.05, 4.69) is 28.9 Å². The van der Waals surface area contributed by atoms with Crippen LogP contribution in [0.2, 0.25) is 0 Å². The molecule has 0 spiro atoms. The van der Waals surface area contributed by atoms with Gasteiger partial charge in [0.2, 0.25) is 0 Å². The Morgan fingerprint density at radius 1 is 0.698 bits per heavy atom. The van der Waals surface area contributed by atoms with Gasteiger partial charge in [0, 0.05) is 24.5 Å². The van der Waals surface area contributed by atoms with Crippen molar-refractivity contribution < 1.29 is 13.9 Å². The van der Waals surface area contributed by atoms with E-state index < -0.39 is 0 Å². The maximum absolute atomic E-state index is 13.5. The smallest absolute Gasteiger partial charge is 0.344 e. The lowest BCUT2D eigenvalue weighted by atomic mass is 9.93. The summed E-state index contributed by atoms with van der Waals surface area (Å²) in [7, 11) is 0. The van der Waals surface area contributed by atoms with E-state index in [1.807, 2.05) is 54.6 Å². The minimum Gasteiger partial charge on any atom is -0.492 e. The second-order valence-corrected chi connectivity index (χ2v) is 12.1. The van der Waals surface area contributed by atoms with Crippen molar-refractivity contribution in [1.82, 2.24) is 9.80 Å². The fourth-order valence-electron chi connectivity index (χ4n) is 6.39. The average molecular weight is 581 g/mol. The second kappa shape index (κ2) is 14.2. The number of nitrogens with zero attached hydrogens (tertiary/aromatic N) is 2. The molecular weight excluding hydrogens is 536 g/mol. The van der Waals surface area contributed by atoms with Crippen LogP contribution in [0, 0.1) is 6.92 Å². The monoisotopic (exact) mass is 580 g/mol. The first-order chi connectivity index (χ1) is 21.1. The predicted molar refractivity (Wildman–Crippen MR) is 173 cm³/mol. The summed E-state index contributed by atoms with van der Waals surface area (Å²) >= 11 is 0. The molecule has 0 amide bonds. The standard InChI is InChI=1S/C37H44N2O4/c1-28-8-12-30(13-9-28)36-34(26-29-10-14-31(15-11-29)41-24-22-38-18-4-2-5-19-38)33-17-16-32(27-35(33)43-37(36)40)42-25-23-39-20-6-3-7-21-39/h8-17,27H,2-7,18-26H2,1H3. The van der Waals surface area contributed by atoms with Crippen LogP contribution in [0.1, 0.15) is 55.2 Å². The van der Waals surface area contributed by atoms with Crippen LogP contribution in [0.3, 0.4) is 0 Å². The van der Waals surface area contributed by atoms with Crippen LogP contribution >= 0.6 is 0 Å². The highest BCUT2D eigenvalue weighted by Crippen LogP contribution is 2.32. The highest BCUT2D eigenvalue weighted by molar-refractivity contribution is 5.88. The van der Waals surface area contributed by atoms with Gasteiger partial charge in [-0.25, -0.2) is 4.79 Å². The fourth-order valence-corrected chi connectivity index (χ4v) is 6.39. The predicted octanol–water partition coefficient (Wildman–Crippen LogP) is 7.09. The zero-order valence-corrected chi connectivity index (χ0v) is 25.5. The molecule has 2 aliphatic rings. The number of benzene rings is 3. The number of ether oxygens (including phenoxy) is 2. The van der Waals surface area contributed by atoms with Gasteiger partial charge < -0.3 is 13.9 Å². The second-order valence-electron chi connectivity index (χ2n) is 12.1. The van der Waals surface area contributed by atoms with Crippen molar-refractivity contribution in [3.8, 4) is 22.6 Å². The number of piperidine rings is 2. The molecule has 3 aromatic carbocycles. The molecular formula is C37H44N2O4. The molecule has 6 nitrogen and oxygen atoms in total. The normalized spacial score (nSPS) is 16.4. The Kier molecular flexibility index (Phi) is 9.76. The van der Waals surface area contributed by atoms with Gasteiger partial charge in [0.1, 0.15) is 30.3 Å². The summed E-state index contributed by atoms with van der Waals surface area (Å²) in [5.41, 5.74) is 4.96. The van der Waals surface area contributed by atoms with E-state index >= 15 is 0 Å². The Labute approximate surface area is 255 Å². The Balaban J connectivity index is 1.22. The number of fused-ring (bicyclic) bond motifs is 1. The summed E-state index contributed by atoms with van der Waals surface area (Å²) in [5.74, 6) is 1.61. The van der Waals surface area contributed by atoms with Crippen molar-refractivity contribution in [2.75, 3.05) is 52.5 Å². The van der Waals surface area contributed by atoms with E-state index in [1.165, 1.54) is 51.6 Å². The molecule has 0 aliphatic carbocycles. The van der Waals surface area contributed by atoms with Gasteiger partial charge in [-0.2, -0.15) is 0 Å². The number of hydrogen-bond donors (Lipinski definition) is 0. The third kappa shape index (κ3) is 7.67. The molecule has 4 aromatic rings. The third-order valence-electron chi connectivity index (χ3n) is 8.88. The third-order valence-corrected chi connectivity index (χ3v) is 8.88. The summed E-state index contributed by atoms with van der Waals surface area (Å²) in [5, 5.41) is 0.931. The number of aryl methyl sites for hydroxylation is 1. The van der Waals surface area contributed by atoms with Crippen molar-refractivity contribution in [3.05, 3.63) is 93.8 Å². The zero-order valence-electron chi connectivity index (χ0n) is 25.5. The fraction of sp³-hybridized carbons (Fsp3) is 0.432. The van der Waals surface area contributed by atoms with Crippen LogP contribution in [-0.4, -0.2) is 62.3 Å². The van der Waals surface area contributed by atoms with E-state index in [9.17, 15) is 4.79 Å². The molecule has 2 fully saturated rings. The van der Waals surface area contributed by atoms with Gasteiger partial charge >= 0.3 is 5.63 Å². The van der Waals surface area contributed by atoms with Crippen LogP contribution in [0.5, 0.6) is 11.5 Å². The molecule has 226 valence electrons. The van der Waals surface area contributed by atoms with Gasteiger partial charge in [-0.3, -0.25) is 9.80 Å². The number of hydrogen-bond acceptors (Lipinski definition) is 6. The highest BCUT2D eigenvalue weighted by atomic mass is 16.5. The van der Waals surface area contributed by atoms with E-state index in [0.29, 0.717) is 30.8 Å². The van der Waals surface area contributed by atoms with Gasteiger partial charge in [-0.1, -0.05) is 54.8 Å². The summed E-state index contributed by atoms with van der Waals surface area (Å²) in [6, 6.07) is 22.3. The Morgan fingerprint density at radius 3 is 1.91 bits per heavy atom. The first-order valence-electron chi connectivity index (χ1n) is 16.1. The topological polar surface area (TPSA) is 55.2 Å². The molecule has 0 bridgehead atoms. The quantitative estimate of drug-likeness (QED) is 0.177. The van der Waals surface area contributed by atoms with Gasteiger partial charge in [0.15, 0.2) is 0 Å². The lowest BCUT2D eigenvalue weighted by Gasteiger charge is -2.26. The first-order valence-corrected chi connectivity index (χ1v) is 16.1. The lowest BCUT2D eigenvalue weighted by molar-refractivity contribution is 0.183. The van der Waals surface area contributed by atoms with Gasteiger partial charge in [0.25, 0.3) is 0 Å². The summed E-state index contributed by atoms with van der Waals surface area (Å²) in [6.45, 7) is 9.90. The SMILES string of the molecule is Cc1ccc(-c2c(Cc3ccc(OCCN4CCCCC4)cc3)c3ccc(OCCN4CCCCC4)cc3oc2=O)cc1. The maximum Gasteiger partial charge on any atom is 0.344 e. The highest BCUT2D eigenvalue weighted by Gasteiger charge is 2.18. The molecule has 3 heterocycles. The van der Waals surface area contributed by atoms with Crippen molar-refractivity contribution >= 4 is 11.0 Å². The van der Waals surface area contributed by atoms with Crippen molar-refractivity contribution in [1.29, 1.82) is 0 Å². The van der Waals surface area contributed by atoms with Crippen LogP contribution in [0.4, 0.5) is 0 Å². The molecule has 0 N–H and O–H groups in total. The van der Waals surface area contributed by atoms with Crippen LogP contribution in [0.15, 0.2) is 75.9 Å². The van der Waals surface area contributed by atoms with Gasteiger partial charge in [0.05, 0.1) is 5.56 Å². The average Bonchev–Trinajstić information content (AvgIpc) is 3.03. The molecule has 2 saturated heterocycles. The lowest BCUT2D eigenvalue weighted by Crippen LogP contribution is -2.33. The molecule has 0 saturated carbocycles. The Bertz CT molecular complexity index is 1530. The van der Waals surface area contributed by atoms with Crippen molar-refractivity contribution in [2.45, 2.75) is 51.9 Å². The summed E-state index contributed by atoms with van der Waals surface area (Å²) < 4.78 is 18.1. The van der Waals surface area contributed by atoms with E-state index in [0.717, 1.165) is 65.3 Å². The van der Waals surface area contributed by atoms with E-state index in [1.54, 1.807) is 0 Å².